The first-order valence-electron chi connectivity index (χ1n) is 10.1. The number of hydrogen-bond acceptors (Lipinski definition) is 4. The van der Waals surface area contributed by atoms with E-state index in [9.17, 15) is 9.59 Å². The quantitative estimate of drug-likeness (QED) is 0.608. The summed E-state index contributed by atoms with van der Waals surface area (Å²) in [5, 5.41) is 13.0. The van der Waals surface area contributed by atoms with Gasteiger partial charge in [-0.1, -0.05) is 12.1 Å². The van der Waals surface area contributed by atoms with Crippen LogP contribution in [0, 0.1) is 6.92 Å². The lowest BCUT2D eigenvalue weighted by Crippen LogP contribution is -2.28. The predicted molar refractivity (Wildman–Crippen MR) is 114 cm³/mol. The Hall–Kier alpha value is -3.68. The minimum absolute atomic E-state index is 0.107. The lowest BCUT2D eigenvalue weighted by molar-refractivity contribution is 0.102. The number of carbonyl (C=O) groups excluding carboxylic acids is 2. The van der Waals surface area contributed by atoms with Crippen LogP contribution < -0.4 is 15.5 Å². The fraction of sp³-hybridized carbons (Fsp3) is 0.273. The Balaban J connectivity index is 1.32. The predicted octanol–water partition coefficient (Wildman–Crippen LogP) is 3.44. The third-order valence-electron chi connectivity index (χ3n) is 5.45. The van der Waals surface area contributed by atoms with Crippen LogP contribution in [0.15, 0.2) is 42.5 Å². The zero-order valence-electron chi connectivity index (χ0n) is 16.6. The molecule has 2 fully saturated rings. The van der Waals surface area contributed by atoms with Gasteiger partial charge < -0.3 is 10.6 Å². The lowest BCUT2D eigenvalue weighted by atomic mass is 10.1. The molecule has 5 rings (SSSR count). The van der Waals surface area contributed by atoms with E-state index in [1.54, 1.807) is 17.0 Å². The average Bonchev–Trinajstić information content (AvgIpc) is 3.32. The maximum absolute atomic E-state index is 12.8. The summed E-state index contributed by atoms with van der Waals surface area (Å²) >= 11 is 0. The number of nitrogens with one attached hydrogen (secondary N) is 3. The molecule has 8 heteroatoms. The third kappa shape index (κ3) is 3.52. The first-order valence-corrected chi connectivity index (χ1v) is 10.1. The molecular formula is C22H22N6O2. The minimum atomic E-state index is -0.207. The molecule has 3 amide bonds. The van der Waals surface area contributed by atoms with Crippen molar-refractivity contribution < 1.29 is 9.59 Å². The van der Waals surface area contributed by atoms with E-state index < -0.39 is 0 Å². The highest BCUT2D eigenvalue weighted by Gasteiger charge is 2.27. The van der Waals surface area contributed by atoms with Crippen molar-refractivity contribution >= 4 is 23.3 Å². The average molecular weight is 402 g/mol. The van der Waals surface area contributed by atoms with Crippen LogP contribution in [0.2, 0.25) is 0 Å². The van der Waals surface area contributed by atoms with Crippen molar-refractivity contribution in [3.05, 3.63) is 59.4 Å². The summed E-state index contributed by atoms with van der Waals surface area (Å²) < 4.78 is 0. The molecule has 30 heavy (non-hydrogen) atoms. The molecule has 1 aliphatic carbocycles. The highest BCUT2D eigenvalue weighted by atomic mass is 16.2. The number of nitrogens with zero attached hydrogens (tertiary/aromatic N) is 3. The summed E-state index contributed by atoms with van der Waals surface area (Å²) in [5.74, 6) is 1.87. The molecule has 0 atom stereocenters. The van der Waals surface area contributed by atoms with E-state index in [0.717, 1.165) is 35.5 Å². The fourth-order valence-electron chi connectivity index (χ4n) is 3.68. The van der Waals surface area contributed by atoms with Crippen LogP contribution in [0.5, 0.6) is 0 Å². The Bertz CT molecular complexity index is 1130. The number of aromatic amines is 1. The summed E-state index contributed by atoms with van der Waals surface area (Å²) in [4.78, 5) is 30.9. The zero-order valence-corrected chi connectivity index (χ0v) is 16.6. The van der Waals surface area contributed by atoms with E-state index in [0.29, 0.717) is 36.1 Å². The minimum Gasteiger partial charge on any atom is -0.336 e. The van der Waals surface area contributed by atoms with E-state index in [4.69, 9.17) is 0 Å². The highest BCUT2D eigenvalue weighted by molar-refractivity contribution is 6.05. The van der Waals surface area contributed by atoms with E-state index >= 15 is 0 Å². The zero-order chi connectivity index (χ0) is 20.7. The molecule has 152 valence electrons. The molecule has 1 saturated carbocycles. The number of benzene rings is 2. The van der Waals surface area contributed by atoms with Crippen molar-refractivity contribution in [1.82, 2.24) is 20.5 Å². The molecule has 2 aliphatic rings. The Morgan fingerprint density at radius 1 is 1.20 bits per heavy atom. The van der Waals surface area contributed by atoms with Crippen LogP contribution in [0.4, 0.5) is 16.2 Å². The van der Waals surface area contributed by atoms with Gasteiger partial charge in [0.2, 0.25) is 0 Å². The second-order valence-corrected chi connectivity index (χ2v) is 7.74. The van der Waals surface area contributed by atoms with Crippen LogP contribution in [0.3, 0.4) is 0 Å². The first-order chi connectivity index (χ1) is 14.6. The van der Waals surface area contributed by atoms with Gasteiger partial charge in [0.05, 0.1) is 0 Å². The summed E-state index contributed by atoms with van der Waals surface area (Å²) in [7, 11) is 0. The Morgan fingerprint density at radius 3 is 2.80 bits per heavy atom. The number of urea groups is 1. The van der Waals surface area contributed by atoms with Crippen LogP contribution in [0.25, 0.3) is 11.4 Å². The molecule has 3 aromatic rings. The van der Waals surface area contributed by atoms with Gasteiger partial charge in [-0.3, -0.25) is 14.8 Å². The number of hydrogen-bond donors (Lipinski definition) is 3. The third-order valence-corrected chi connectivity index (χ3v) is 5.45. The second-order valence-electron chi connectivity index (χ2n) is 7.74. The number of amides is 3. The van der Waals surface area contributed by atoms with Crippen molar-refractivity contribution in [1.29, 1.82) is 0 Å². The molecule has 1 aromatic heterocycles. The van der Waals surface area contributed by atoms with Gasteiger partial charge in [0, 0.05) is 41.5 Å². The number of carbonyl (C=O) groups is 2. The van der Waals surface area contributed by atoms with Crippen molar-refractivity contribution in [2.24, 2.45) is 0 Å². The molecule has 8 nitrogen and oxygen atoms in total. The van der Waals surface area contributed by atoms with E-state index in [1.165, 1.54) is 0 Å². The van der Waals surface area contributed by atoms with Gasteiger partial charge in [-0.25, -0.2) is 9.78 Å². The molecule has 1 aliphatic heterocycles. The molecule has 0 bridgehead atoms. The second kappa shape index (κ2) is 7.29. The molecule has 2 heterocycles. The standard InChI is InChI=1S/C22H22N6O2/c1-13-11-16(7-8-18(13)28-10-9-23-22(28)30)21(29)24-17-4-2-3-15(12-17)20-25-19(26-27-20)14-5-6-14/h2-4,7-8,11-12,14H,5-6,9-10H2,1H3,(H,23,30)(H,24,29)(H,25,26,27). The maximum atomic E-state index is 12.8. The van der Waals surface area contributed by atoms with Crippen molar-refractivity contribution in [2.45, 2.75) is 25.7 Å². The topological polar surface area (TPSA) is 103 Å². The van der Waals surface area contributed by atoms with Crippen molar-refractivity contribution in [3.63, 3.8) is 0 Å². The van der Waals surface area contributed by atoms with Crippen LogP contribution >= 0.6 is 0 Å². The van der Waals surface area contributed by atoms with Gasteiger partial charge in [-0.05, 0) is 55.7 Å². The van der Waals surface area contributed by atoms with Gasteiger partial charge in [0.1, 0.15) is 5.82 Å². The Kier molecular flexibility index (Phi) is 4.46. The molecule has 0 unspecified atom stereocenters. The van der Waals surface area contributed by atoms with Crippen LogP contribution in [-0.4, -0.2) is 40.2 Å². The Morgan fingerprint density at radius 2 is 2.07 bits per heavy atom. The van der Waals surface area contributed by atoms with E-state index in [-0.39, 0.29) is 11.9 Å². The fourth-order valence-corrected chi connectivity index (χ4v) is 3.68. The monoisotopic (exact) mass is 402 g/mol. The summed E-state index contributed by atoms with van der Waals surface area (Å²) in [6.45, 7) is 3.16. The normalized spacial score (nSPS) is 15.9. The molecular weight excluding hydrogens is 380 g/mol. The van der Waals surface area contributed by atoms with Crippen LogP contribution in [0.1, 0.15) is 40.5 Å². The van der Waals surface area contributed by atoms with Gasteiger partial charge in [-0.2, -0.15) is 5.10 Å². The van der Waals surface area contributed by atoms with Gasteiger partial charge in [0.25, 0.3) is 5.91 Å². The first kappa shape index (κ1) is 18.4. The number of rotatable bonds is 5. The Labute approximate surface area is 173 Å². The lowest BCUT2D eigenvalue weighted by Gasteiger charge is -2.17. The van der Waals surface area contributed by atoms with Crippen molar-refractivity contribution in [3.8, 4) is 11.4 Å². The molecule has 0 spiro atoms. The smallest absolute Gasteiger partial charge is 0.322 e. The maximum Gasteiger partial charge on any atom is 0.322 e. The molecule has 3 N–H and O–H groups in total. The highest BCUT2D eigenvalue weighted by Crippen LogP contribution is 2.38. The summed E-state index contributed by atoms with van der Waals surface area (Å²) in [6, 6.07) is 12.8. The summed E-state index contributed by atoms with van der Waals surface area (Å²) in [6.07, 6.45) is 2.32. The SMILES string of the molecule is Cc1cc(C(=O)Nc2cccc(-c3n[nH]c(C4CC4)n3)c2)ccc1N1CCNC1=O. The van der Waals surface area contributed by atoms with Crippen molar-refractivity contribution in [2.75, 3.05) is 23.3 Å². The summed E-state index contributed by atoms with van der Waals surface area (Å²) in [5.41, 5.74) is 3.76. The van der Waals surface area contributed by atoms with Gasteiger partial charge in [0.15, 0.2) is 5.82 Å². The van der Waals surface area contributed by atoms with E-state index in [1.807, 2.05) is 37.3 Å². The largest absolute Gasteiger partial charge is 0.336 e. The molecule has 1 saturated heterocycles. The molecule has 0 radical (unpaired) electrons. The number of aryl methyl sites for hydroxylation is 1. The number of H-pyrrole nitrogens is 1. The number of aromatic nitrogens is 3. The van der Waals surface area contributed by atoms with Gasteiger partial charge >= 0.3 is 6.03 Å². The van der Waals surface area contributed by atoms with Crippen LogP contribution in [-0.2, 0) is 0 Å². The number of anilines is 2. The van der Waals surface area contributed by atoms with E-state index in [2.05, 4.69) is 25.8 Å². The van der Waals surface area contributed by atoms with Gasteiger partial charge in [-0.15, -0.1) is 0 Å². The molecule has 2 aromatic carbocycles.